The second kappa shape index (κ2) is 14.9. The van der Waals surface area contributed by atoms with Gasteiger partial charge >= 0.3 is 6.18 Å². The van der Waals surface area contributed by atoms with Crippen LogP contribution in [0.3, 0.4) is 0 Å². The summed E-state index contributed by atoms with van der Waals surface area (Å²) >= 11 is 0. The van der Waals surface area contributed by atoms with Crippen molar-refractivity contribution in [3.05, 3.63) is 101 Å². The van der Waals surface area contributed by atoms with Gasteiger partial charge < -0.3 is 9.64 Å². The highest BCUT2D eigenvalue weighted by Gasteiger charge is 2.53. The number of alkyl halides is 3. The molecule has 6 heteroatoms. The van der Waals surface area contributed by atoms with Crippen molar-refractivity contribution >= 4 is 5.91 Å². The Bertz CT molecular complexity index is 1370. The predicted molar refractivity (Wildman–Crippen MR) is 176 cm³/mol. The van der Waals surface area contributed by atoms with E-state index in [1.54, 1.807) is 0 Å². The monoisotopic (exact) mass is 621 g/mol. The molecule has 0 aliphatic carbocycles. The number of likely N-dealkylation sites (tertiary alicyclic amines) is 1. The SMILES string of the molecule is CCCC1N(C(=O)C(C)c2cccc(CC(C)C)c2)CCCC1(CC(C)C)C(Oc1ccc(C(F)(F)F)cc1)c1ccccc1. The predicted octanol–water partition coefficient (Wildman–Crippen LogP) is 10.7. The molecule has 3 aromatic carbocycles. The van der Waals surface area contributed by atoms with Crippen LogP contribution in [0.15, 0.2) is 78.9 Å². The highest BCUT2D eigenvalue weighted by molar-refractivity contribution is 5.84. The first kappa shape index (κ1) is 34.6. The lowest BCUT2D eigenvalue weighted by atomic mass is 9.62. The number of rotatable bonds is 12. The minimum atomic E-state index is -4.42. The van der Waals surface area contributed by atoms with Crippen molar-refractivity contribution in [1.29, 1.82) is 0 Å². The molecule has 244 valence electrons. The van der Waals surface area contributed by atoms with Crippen LogP contribution in [0.25, 0.3) is 0 Å². The molecule has 4 rings (SSSR count). The number of ether oxygens (including phenoxy) is 1. The standard InChI is InChI=1S/C39H50F3NO2/c1-7-13-35-38(26-28(4)5,22-12-23-43(35)37(44)29(6)32-17-11-14-30(25-32)24-27(2)3)36(31-15-9-8-10-16-31)45-34-20-18-33(19-21-34)39(40,41)42/h8-11,14-21,25,27-29,35-36H,7,12-13,22-24,26H2,1-6H3. The molecule has 3 aromatic rings. The van der Waals surface area contributed by atoms with Gasteiger partial charge in [-0.1, -0.05) is 95.6 Å². The molecule has 0 bridgehead atoms. The zero-order valence-electron chi connectivity index (χ0n) is 27.7. The van der Waals surface area contributed by atoms with Gasteiger partial charge in [0.25, 0.3) is 0 Å². The van der Waals surface area contributed by atoms with Gasteiger partial charge in [0.05, 0.1) is 11.5 Å². The van der Waals surface area contributed by atoms with Crippen molar-refractivity contribution in [2.75, 3.05) is 6.54 Å². The zero-order chi connectivity index (χ0) is 32.8. The Labute approximate surface area is 268 Å². The van der Waals surface area contributed by atoms with Crippen LogP contribution >= 0.6 is 0 Å². The van der Waals surface area contributed by atoms with E-state index in [4.69, 9.17) is 4.74 Å². The number of piperidine rings is 1. The summed E-state index contributed by atoms with van der Waals surface area (Å²) in [5, 5.41) is 0. The molecule has 0 radical (unpaired) electrons. The summed E-state index contributed by atoms with van der Waals surface area (Å²) in [5.41, 5.74) is 2.11. The Kier molecular flexibility index (Phi) is 11.4. The van der Waals surface area contributed by atoms with Crippen molar-refractivity contribution in [2.24, 2.45) is 17.3 Å². The molecule has 0 spiro atoms. The van der Waals surface area contributed by atoms with Crippen LogP contribution in [0.1, 0.15) is 108 Å². The topological polar surface area (TPSA) is 29.5 Å². The Morgan fingerprint density at radius 1 is 0.911 bits per heavy atom. The first-order chi connectivity index (χ1) is 21.4. The number of hydrogen-bond donors (Lipinski definition) is 0. The van der Waals surface area contributed by atoms with Gasteiger partial charge in [0.15, 0.2) is 0 Å². The van der Waals surface area contributed by atoms with Crippen LogP contribution in [0.2, 0.25) is 0 Å². The van der Waals surface area contributed by atoms with E-state index in [1.807, 2.05) is 37.3 Å². The maximum absolute atomic E-state index is 14.5. The highest BCUT2D eigenvalue weighted by Crippen LogP contribution is 2.53. The summed E-state index contributed by atoms with van der Waals surface area (Å²) in [6.45, 7) is 13.7. The van der Waals surface area contributed by atoms with Gasteiger partial charge in [0.2, 0.25) is 5.91 Å². The van der Waals surface area contributed by atoms with Crippen molar-refractivity contribution in [3.63, 3.8) is 0 Å². The van der Waals surface area contributed by atoms with Gasteiger partial charge in [-0.05, 0) is 91.8 Å². The quantitative estimate of drug-likeness (QED) is 0.201. The van der Waals surface area contributed by atoms with Crippen molar-refractivity contribution < 1.29 is 22.7 Å². The molecular weight excluding hydrogens is 571 g/mol. The van der Waals surface area contributed by atoms with E-state index in [-0.39, 0.29) is 17.9 Å². The summed E-state index contributed by atoms with van der Waals surface area (Å²) in [6.07, 6.45) is 0.324. The van der Waals surface area contributed by atoms with Crippen LogP contribution in [0, 0.1) is 17.3 Å². The fourth-order valence-electron chi connectivity index (χ4n) is 7.46. The lowest BCUT2D eigenvalue weighted by Crippen LogP contribution is -2.58. The molecule has 0 aromatic heterocycles. The number of nitrogens with zero attached hydrogens (tertiary/aromatic N) is 1. The molecular formula is C39H50F3NO2. The van der Waals surface area contributed by atoms with Crippen molar-refractivity contribution in [1.82, 2.24) is 4.90 Å². The molecule has 1 amide bonds. The van der Waals surface area contributed by atoms with Crippen molar-refractivity contribution in [2.45, 2.75) is 104 Å². The number of hydrogen-bond acceptors (Lipinski definition) is 2. The van der Waals surface area contributed by atoms with Crippen LogP contribution in [-0.4, -0.2) is 23.4 Å². The average molecular weight is 622 g/mol. The molecule has 1 saturated heterocycles. The lowest BCUT2D eigenvalue weighted by Gasteiger charge is -2.55. The van der Waals surface area contributed by atoms with Crippen LogP contribution in [0.5, 0.6) is 5.75 Å². The maximum Gasteiger partial charge on any atom is 0.416 e. The van der Waals surface area contributed by atoms with E-state index < -0.39 is 23.3 Å². The first-order valence-corrected chi connectivity index (χ1v) is 16.6. The summed E-state index contributed by atoms with van der Waals surface area (Å²) < 4.78 is 47.0. The molecule has 45 heavy (non-hydrogen) atoms. The van der Waals surface area contributed by atoms with E-state index in [0.717, 1.165) is 61.8 Å². The number of carbonyl (C=O) groups excluding carboxylic acids is 1. The molecule has 1 aliphatic rings. The third-order valence-electron chi connectivity index (χ3n) is 9.24. The summed E-state index contributed by atoms with van der Waals surface area (Å²) in [6, 6.07) is 23.4. The maximum atomic E-state index is 14.5. The minimum Gasteiger partial charge on any atom is -0.485 e. The average Bonchev–Trinajstić information content (AvgIpc) is 3.00. The molecule has 0 saturated carbocycles. The summed E-state index contributed by atoms with van der Waals surface area (Å²) in [7, 11) is 0. The fraction of sp³-hybridized carbons (Fsp3) is 0.513. The highest BCUT2D eigenvalue weighted by atomic mass is 19.4. The van der Waals surface area contributed by atoms with Gasteiger partial charge in [-0.15, -0.1) is 0 Å². The summed E-state index contributed by atoms with van der Waals surface area (Å²) in [4.78, 5) is 16.6. The van der Waals surface area contributed by atoms with E-state index in [1.165, 1.54) is 17.7 Å². The fourth-order valence-corrected chi connectivity index (χ4v) is 7.46. The third-order valence-corrected chi connectivity index (χ3v) is 9.24. The van der Waals surface area contributed by atoms with E-state index in [0.29, 0.717) is 24.1 Å². The van der Waals surface area contributed by atoms with Crippen LogP contribution in [-0.2, 0) is 17.4 Å². The van der Waals surface area contributed by atoms with Gasteiger partial charge in [-0.3, -0.25) is 4.79 Å². The van der Waals surface area contributed by atoms with Crippen LogP contribution < -0.4 is 4.74 Å². The normalized spacial score (nSPS) is 20.3. The van der Waals surface area contributed by atoms with Gasteiger partial charge in [0, 0.05) is 18.0 Å². The Morgan fingerprint density at radius 2 is 1.58 bits per heavy atom. The Morgan fingerprint density at radius 3 is 2.18 bits per heavy atom. The van der Waals surface area contributed by atoms with Crippen molar-refractivity contribution in [3.8, 4) is 5.75 Å². The second-order valence-electron chi connectivity index (χ2n) is 13.8. The van der Waals surface area contributed by atoms with Gasteiger partial charge in [-0.25, -0.2) is 0 Å². The lowest BCUT2D eigenvalue weighted by molar-refractivity contribution is -0.148. The molecule has 0 N–H and O–H groups in total. The Hall–Kier alpha value is -3.28. The zero-order valence-corrected chi connectivity index (χ0v) is 27.7. The largest absolute Gasteiger partial charge is 0.485 e. The van der Waals surface area contributed by atoms with E-state index >= 15 is 0 Å². The Balaban J connectivity index is 1.78. The molecule has 4 atom stereocenters. The molecule has 1 aliphatic heterocycles. The number of halogens is 3. The molecule has 1 heterocycles. The third kappa shape index (κ3) is 8.31. The van der Waals surface area contributed by atoms with E-state index in [9.17, 15) is 18.0 Å². The van der Waals surface area contributed by atoms with Crippen LogP contribution in [0.4, 0.5) is 13.2 Å². The van der Waals surface area contributed by atoms with Gasteiger partial charge in [0.1, 0.15) is 11.9 Å². The molecule has 3 nitrogen and oxygen atoms in total. The first-order valence-electron chi connectivity index (χ1n) is 16.6. The molecule has 4 unspecified atom stereocenters. The van der Waals surface area contributed by atoms with E-state index in [2.05, 4.69) is 63.8 Å². The summed E-state index contributed by atoms with van der Waals surface area (Å²) in [5.74, 6) is 1.07. The smallest absolute Gasteiger partial charge is 0.416 e. The number of benzene rings is 3. The second-order valence-corrected chi connectivity index (χ2v) is 13.8. The number of carbonyl (C=O) groups is 1. The van der Waals surface area contributed by atoms with Gasteiger partial charge in [-0.2, -0.15) is 13.2 Å². The minimum absolute atomic E-state index is 0.0906. The number of amides is 1. The molecule has 1 fully saturated rings.